The van der Waals surface area contributed by atoms with Crippen LogP contribution in [-0.4, -0.2) is 30.8 Å². The van der Waals surface area contributed by atoms with Gasteiger partial charge in [-0.1, -0.05) is 36.9 Å². The number of methoxy groups -OCH3 is 1. The predicted octanol–water partition coefficient (Wildman–Crippen LogP) is 3.04. The minimum absolute atomic E-state index is 0.250. The first kappa shape index (κ1) is 19.1. The van der Waals surface area contributed by atoms with Crippen LogP contribution in [0.5, 0.6) is 0 Å². The lowest BCUT2D eigenvalue weighted by molar-refractivity contribution is -0.123. The summed E-state index contributed by atoms with van der Waals surface area (Å²) in [6.07, 6.45) is -1.30. The quantitative estimate of drug-likeness (QED) is 0.456. The molecule has 0 saturated carbocycles. The molecule has 2 rings (SSSR count). The first-order valence-electron chi connectivity index (χ1n) is 7.92. The molecule has 0 radical (unpaired) electrons. The van der Waals surface area contributed by atoms with Gasteiger partial charge in [0.1, 0.15) is 0 Å². The lowest BCUT2D eigenvalue weighted by atomic mass is 10.0. The van der Waals surface area contributed by atoms with E-state index in [1.807, 2.05) is 6.07 Å². The van der Waals surface area contributed by atoms with Crippen LogP contribution in [0.1, 0.15) is 17.3 Å². The Morgan fingerprint density at radius 3 is 2.23 bits per heavy atom. The normalized spacial score (nSPS) is 11.3. The number of Topliss-reactive ketones (excluding diaryl/α,β-unsaturated/α-hetero) is 1. The lowest BCUT2D eigenvalue weighted by Crippen LogP contribution is -2.36. The Bertz CT molecular complexity index is 831. The van der Waals surface area contributed by atoms with E-state index in [1.165, 1.54) is 13.2 Å². The van der Waals surface area contributed by atoms with Crippen molar-refractivity contribution in [3.63, 3.8) is 0 Å². The average molecular weight is 352 g/mol. The van der Waals surface area contributed by atoms with E-state index in [0.29, 0.717) is 16.9 Å². The van der Waals surface area contributed by atoms with Crippen LogP contribution in [0, 0.1) is 0 Å². The van der Waals surface area contributed by atoms with Gasteiger partial charge in [-0.05, 0) is 31.2 Å². The predicted molar refractivity (Wildman–Crippen MR) is 100 cm³/mol. The third-order valence-corrected chi connectivity index (χ3v) is 3.55. The molecule has 2 N–H and O–H groups in total. The van der Waals surface area contributed by atoms with Crippen LogP contribution in [0.15, 0.2) is 66.7 Å². The van der Waals surface area contributed by atoms with Gasteiger partial charge in [0.25, 0.3) is 11.8 Å². The first-order chi connectivity index (χ1) is 12.4. The topological polar surface area (TPSA) is 84.5 Å². The Kier molecular flexibility index (Phi) is 6.41. The van der Waals surface area contributed by atoms with E-state index in [9.17, 15) is 14.4 Å². The molecule has 2 amide bonds. The van der Waals surface area contributed by atoms with Crippen molar-refractivity contribution in [2.45, 2.75) is 13.0 Å². The summed E-state index contributed by atoms with van der Waals surface area (Å²) < 4.78 is 5.10. The van der Waals surface area contributed by atoms with Gasteiger partial charge in [-0.2, -0.15) is 0 Å². The highest BCUT2D eigenvalue weighted by Gasteiger charge is 2.27. The van der Waals surface area contributed by atoms with Gasteiger partial charge < -0.3 is 15.4 Å². The molecule has 6 nitrogen and oxygen atoms in total. The number of anilines is 2. The van der Waals surface area contributed by atoms with Crippen molar-refractivity contribution < 1.29 is 19.1 Å². The van der Waals surface area contributed by atoms with E-state index in [2.05, 4.69) is 17.2 Å². The molecule has 134 valence electrons. The zero-order valence-corrected chi connectivity index (χ0v) is 14.6. The highest BCUT2D eigenvalue weighted by Crippen LogP contribution is 2.15. The zero-order valence-electron chi connectivity index (χ0n) is 14.6. The summed E-state index contributed by atoms with van der Waals surface area (Å²) in [5, 5.41) is 5.27. The molecule has 6 heteroatoms. The molecule has 2 aromatic rings. The Balaban J connectivity index is 2.16. The van der Waals surface area contributed by atoms with E-state index >= 15 is 0 Å². The van der Waals surface area contributed by atoms with Crippen LogP contribution in [0.25, 0.3) is 0 Å². The van der Waals surface area contributed by atoms with Crippen LogP contribution in [-0.2, 0) is 14.3 Å². The fraction of sp³-hybridized carbons (Fsp3) is 0.150. The third-order valence-electron chi connectivity index (χ3n) is 3.55. The number of ether oxygens (including phenoxy) is 1. The van der Waals surface area contributed by atoms with Crippen molar-refractivity contribution in [1.82, 2.24) is 0 Å². The van der Waals surface area contributed by atoms with E-state index in [1.54, 1.807) is 49.4 Å². The van der Waals surface area contributed by atoms with Gasteiger partial charge in [-0.25, -0.2) is 0 Å². The van der Waals surface area contributed by atoms with E-state index in [-0.39, 0.29) is 11.5 Å². The summed E-state index contributed by atoms with van der Waals surface area (Å²) in [6, 6.07) is 15.1. The molecular weight excluding hydrogens is 332 g/mol. The van der Waals surface area contributed by atoms with E-state index < -0.39 is 17.8 Å². The number of carbonyl (C=O) groups is 3. The standard InChI is InChI=1S/C20H20N2O4/c1-13(2)19(24)22-16-11-7-8-14(12-16)17(23)18(26-3)20(25)21-15-9-5-4-6-10-15/h4-12,18H,1H2,2-3H3,(H,21,25)(H,22,24). The molecule has 0 heterocycles. The molecule has 0 aliphatic rings. The van der Waals surface area contributed by atoms with Crippen molar-refractivity contribution in [1.29, 1.82) is 0 Å². The van der Waals surface area contributed by atoms with Crippen molar-refractivity contribution in [2.24, 2.45) is 0 Å². The van der Waals surface area contributed by atoms with Crippen molar-refractivity contribution >= 4 is 29.0 Å². The van der Waals surface area contributed by atoms with Gasteiger partial charge in [0.05, 0.1) is 0 Å². The average Bonchev–Trinajstić information content (AvgIpc) is 2.63. The number of para-hydroxylation sites is 1. The summed E-state index contributed by atoms with van der Waals surface area (Å²) in [7, 11) is 1.29. The number of rotatable bonds is 7. The Morgan fingerprint density at radius 1 is 0.962 bits per heavy atom. The van der Waals surface area contributed by atoms with Crippen molar-refractivity contribution in [3.8, 4) is 0 Å². The fourth-order valence-electron chi connectivity index (χ4n) is 2.20. The number of amides is 2. The number of nitrogens with one attached hydrogen (secondary N) is 2. The van der Waals surface area contributed by atoms with Crippen LogP contribution in [0.3, 0.4) is 0 Å². The maximum Gasteiger partial charge on any atom is 0.261 e. The SMILES string of the molecule is C=C(C)C(=O)Nc1cccc(C(=O)C(OC)C(=O)Nc2ccccc2)c1. The molecule has 1 atom stereocenters. The second kappa shape index (κ2) is 8.73. The maximum atomic E-state index is 12.7. The highest BCUT2D eigenvalue weighted by molar-refractivity contribution is 6.16. The Hall–Kier alpha value is -3.25. The smallest absolute Gasteiger partial charge is 0.261 e. The number of ketones is 1. The minimum atomic E-state index is -1.30. The largest absolute Gasteiger partial charge is 0.364 e. The monoisotopic (exact) mass is 352 g/mol. The third kappa shape index (κ3) is 4.87. The Labute approximate surface area is 151 Å². The summed E-state index contributed by atoms with van der Waals surface area (Å²) in [5.74, 6) is -1.42. The molecule has 0 spiro atoms. The van der Waals surface area contributed by atoms with Crippen LogP contribution in [0.4, 0.5) is 11.4 Å². The van der Waals surface area contributed by atoms with Crippen LogP contribution < -0.4 is 10.6 Å². The lowest BCUT2D eigenvalue weighted by Gasteiger charge is -2.15. The number of carbonyl (C=O) groups excluding carboxylic acids is 3. The number of benzene rings is 2. The fourth-order valence-corrected chi connectivity index (χ4v) is 2.20. The van der Waals surface area contributed by atoms with E-state index in [0.717, 1.165) is 0 Å². The molecule has 0 saturated heterocycles. The molecule has 0 aliphatic carbocycles. The number of hydrogen-bond donors (Lipinski definition) is 2. The van der Waals surface area contributed by atoms with Crippen molar-refractivity contribution in [2.75, 3.05) is 17.7 Å². The van der Waals surface area contributed by atoms with E-state index in [4.69, 9.17) is 4.74 Å². The van der Waals surface area contributed by atoms with Gasteiger partial charge in [-0.15, -0.1) is 0 Å². The van der Waals surface area contributed by atoms with Gasteiger partial charge in [0.2, 0.25) is 5.78 Å². The van der Waals surface area contributed by atoms with Crippen LogP contribution >= 0.6 is 0 Å². The molecule has 1 unspecified atom stereocenters. The Morgan fingerprint density at radius 2 is 1.62 bits per heavy atom. The van der Waals surface area contributed by atoms with Crippen molar-refractivity contribution in [3.05, 3.63) is 72.3 Å². The molecule has 0 bridgehead atoms. The molecule has 26 heavy (non-hydrogen) atoms. The first-order valence-corrected chi connectivity index (χ1v) is 7.92. The molecule has 0 aliphatic heterocycles. The molecule has 0 fully saturated rings. The zero-order chi connectivity index (χ0) is 19.1. The van der Waals surface area contributed by atoms with Gasteiger partial charge in [0, 0.05) is 29.6 Å². The minimum Gasteiger partial charge on any atom is -0.364 e. The summed E-state index contributed by atoms with van der Waals surface area (Å²) in [5.41, 5.74) is 1.59. The number of hydrogen-bond acceptors (Lipinski definition) is 4. The molecule has 0 aromatic heterocycles. The molecular formula is C20H20N2O4. The summed E-state index contributed by atoms with van der Waals surface area (Å²) >= 11 is 0. The van der Waals surface area contributed by atoms with Gasteiger partial charge >= 0.3 is 0 Å². The second-order valence-corrected chi connectivity index (χ2v) is 5.65. The van der Waals surface area contributed by atoms with Gasteiger partial charge in [-0.3, -0.25) is 14.4 Å². The van der Waals surface area contributed by atoms with Crippen LogP contribution in [0.2, 0.25) is 0 Å². The van der Waals surface area contributed by atoms with Gasteiger partial charge in [0.15, 0.2) is 6.10 Å². The maximum absolute atomic E-state index is 12.7. The molecule has 2 aromatic carbocycles. The highest BCUT2D eigenvalue weighted by atomic mass is 16.5. The summed E-state index contributed by atoms with van der Waals surface area (Å²) in [4.78, 5) is 36.7. The second-order valence-electron chi connectivity index (χ2n) is 5.65. The summed E-state index contributed by atoms with van der Waals surface area (Å²) in [6.45, 7) is 5.14.